The van der Waals surface area contributed by atoms with Crippen LogP contribution in [0.25, 0.3) is 0 Å². The van der Waals surface area contributed by atoms with Gasteiger partial charge in [0.2, 0.25) is 0 Å². The first-order valence-electron chi connectivity index (χ1n) is 7.14. The number of hydrogen-bond acceptors (Lipinski definition) is 6. The molecule has 0 radical (unpaired) electrons. The van der Waals surface area contributed by atoms with E-state index in [0.29, 0.717) is 0 Å². The van der Waals surface area contributed by atoms with Gasteiger partial charge in [-0.2, -0.15) is 0 Å². The summed E-state index contributed by atoms with van der Waals surface area (Å²) >= 11 is 0. The van der Waals surface area contributed by atoms with E-state index < -0.39 is 35.3 Å². The van der Waals surface area contributed by atoms with Crippen molar-refractivity contribution in [3.8, 4) is 0 Å². The normalized spacial score (nSPS) is 9.88. The largest absolute Gasteiger partial charge is 0.452 e. The van der Waals surface area contributed by atoms with Crippen LogP contribution in [0.4, 0.5) is 20.6 Å². The van der Waals surface area contributed by atoms with Crippen molar-refractivity contribution in [2.45, 2.75) is 0 Å². The molecular weight excluding hydrogens is 349 g/mol. The molecule has 2 N–H and O–H groups in total. The van der Waals surface area contributed by atoms with Crippen LogP contribution in [0, 0.1) is 15.9 Å². The van der Waals surface area contributed by atoms with E-state index in [2.05, 4.69) is 10.1 Å². The minimum atomic E-state index is -1.01. The first kappa shape index (κ1) is 18.5. The third kappa shape index (κ3) is 5.09. The van der Waals surface area contributed by atoms with Gasteiger partial charge in [0.1, 0.15) is 5.82 Å². The molecule has 0 heterocycles. The molecule has 0 bridgehead atoms. The molecule has 0 atom stereocenters. The van der Waals surface area contributed by atoms with Gasteiger partial charge in [-0.15, -0.1) is 0 Å². The van der Waals surface area contributed by atoms with E-state index in [1.54, 1.807) is 0 Å². The predicted molar refractivity (Wildman–Crippen MR) is 86.9 cm³/mol. The average Bonchev–Trinajstić information content (AvgIpc) is 2.61. The maximum atomic E-state index is 13.4. The Hall–Kier alpha value is -3.82. The molecule has 3 amide bonds. The number of nitrogens with one attached hydrogen (secondary N) is 2. The SMILES string of the molecule is O=C(COC(=O)c1cccc([N+](=O)[O-])c1)NC(=O)Nc1ccccc1F. The Bertz CT molecular complexity index is 871. The van der Waals surface area contributed by atoms with Crippen LogP contribution in [0.5, 0.6) is 0 Å². The Morgan fingerprint density at radius 3 is 2.54 bits per heavy atom. The monoisotopic (exact) mass is 361 g/mol. The summed E-state index contributed by atoms with van der Waals surface area (Å²) in [5.41, 5.74) is -0.567. The lowest BCUT2D eigenvalue weighted by molar-refractivity contribution is -0.384. The van der Waals surface area contributed by atoms with Crippen molar-refractivity contribution < 1.29 is 28.4 Å². The standard InChI is InChI=1S/C16H12FN3O6/c17-12-6-1-2-7-13(12)18-16(23)19-14(21)9-26-15(22)10-4-3-5-11(8-10)20(24)25/h1-8H,9H2,(H2,18,19,21,23). The third-order valence-corrected chi connectivity index (χ3v) is 3.00. The number of nitrogens with zero attached hydrogens (tertiary/aromatic N) is 1. The van der Waals surface area contributed by atoms with E-state index in [1.165, 1.54) is 36.4 Å². The smallest absolute Gasteiger partial charge is 0.338 e. The summed E-state index contributed by atoms with van der Waals surface area (Å²) < 4.78 is 18.0. The molecule has 0 unspecified atom stereocenters. The van der Waals surface area contributed by atoms with Crippen molar-refractivity contribution in [3.63, 3.8) is 0 Å². The molecule has 26 heavy (non-hydrogen) atoms. The summed E-state index contributed by atoms with van der Waals surface area (Å²) in [6.45, 7) is -0.799. The van der Waals surface area contributed by atoms with Gasteiger partial charge in [0, 0.05) is 12.1 Å². The van der Waals surface area contributed by atoms with Crippen LogP contribution in [0.1, 0.15) is 10.4 Å². The first-order chi connectivity index (χ1) is 12.4. The molecule has 0 aliphatic heterocycles. The Balaban J connectivity index is 1.85. The van der Waals surface area contributed by atoms with E-state index in [9.17, 15) is 28.9 Å². The third-order valence-electron chi connectivity index (χ3n) is 3.00. The van der Waals surface area contributed by atoms with Crippen molar-refractivity contribution in [3.05, 3.63) is 70.0 Å². The maximum absolute atomic E-state index is 13.4. The number of anilines is 1. The first-order valence-corrected chi connectivity index (χ1v) is 7.14. The van der Waals surface area contributed by atoms with Crippen LogP contribution in [0.3, 0.4) is 0 Å². The molecule has 0 fully saturated rings. The lowest BCUT2D eigenvalue weighted by Crippen LogP contribution is -2.37. The van der Waals surface area contributed by atoms with Crippen molar-refractivity contribution in [1.82, 2.24) is 5.32 Å². The number of para-hydroxylation sites is 1. The highest BCUT2D eigenvalue weighted by Crippen LogP contribution is 2.14. The number of esters is 1. The molecule has 2 aromatic carbocycles. The van der Waals surface area contributed by atoms with Gasteiger partial charge in [0.15, 0.2) is 6.61 Å². The van der Waals surface area contributed by atoms with Crippen molar-refractivity contribution in [1.29, 1.82) is 0 Å². The van der Waals surface area contributed by atoms with Gasteiger partial charge >= 0.3 is 12.0 Å². The van der Waals surface area contributed by atoms with Crippen molar-refractivity contribution in [2.75, 3.05) is 11.9 Å². The van der Waals surface area contributed by atoms with Crippen LogP contribution in [0.2, 0.25) is 0 Å². The summed E-state index contributed by atoms with van der Waals surface area (Å²) in [6.07, 6.45) is 0. The van der Waals surface area contributed by atoms with Gasteiger partial charge < -0.3 is 10.1 Å². The number of hydrogen-bond donors (Lipinski definition) is 2. The number of amides is 3. The van der Waals surface area contributed by atoms with Crippen LogP contribution >= 0.6 is 0 Å². The summed E-state index contributed by atoms with van der Waals surface area (Å²) in [6, 6.07) is 9.07. The van der Waals surface area contributed by atoms with E-state index in [0.717, 1.165) is 12.1 Å². The fraction of sp³-hybridized carbons (Fsp3) is 0.0625. The van der Waals surface area contributed by atoms with Gasteiger partial charge in [-0.05, 0) is 18.2 Å². The predicted octanol–water partition coefficient (Wildman–Crippen LogP) is 2.24. The number of ether oxygens (including phenoxy) is 1. The molecule has 0 aliphatic rings. The minimum Gasteiger partial charge on any atom is -0.452 e. The summed E-state index contributed by atoms with van der Waals surface area (Å²) in [5.74, 6) is -2.62. The van der Waals surface area contributed by atoms with Gasteiger partial charge in [0.25, 0.3) is 11.6 Å². The molecule has 0 aliphatic carbocycles. The topological polar surface area (TPSA) is 128 Å². The Labute approximate surface area is 145 Å². The van der Waals surface area contributed by atoms with Crippen molar-refractivity contribution >= 4 is 29.3 Å². The molecule has 10 heteroatoms. The van der Waals surface area contributed by atoms with Crippen LogP contribution in [-0.2, 0) is 9.53 Å². The van der Waals surface area contributed by atoms with Gasteiger partial charge in [0.05, 0.1) is 16.2 Å². The zero-order valence-corrected chi connectivity index (χ0v) is 13.1. The highest BCUT2D eigenvalue weighted by molar-refractivity contribution is 6.02. The van der Waals surface area contributed by atoms with E-state index in [1.807, 2.05) is 5.32 Å². The fourth-order valence-electron chi connectivity index (χ4n) is 1.84. The number of carbonyl (C=O) groups excluding carboxylic acids is 3. The number of carbonyl (C=O) groups is 3. The number of non-ortho nitro benzene ring substituents is 1. The molecule has 2 aromatic rings. The van der Waals surface area contributed by atoms with Crippen LogP contribution in [-0.4, -0.2) is 29.4 Å². The molecule has 2 rings (SSSR count). The molecule has 9 nitrogen and oxygen atoms in total. The number of urea groups is 1. The Morgan fingerprint density at radius 2 is 1.85 bits per heavy atom. The second kappa shape index (κ2) is 8.33. The minimum absolute atomic E-state index is 0.122. The highest BCUT2D eigenvalue weighted by atomic mass is 19.1. The van der Waals surface area contributed by atoms with E-state index >= 15 is 0 Å². The number of nitro benzene ring substituents is 1. The molecule has 0 saturated carbocycles. The molecule has 134 valence electrons. The summed E-state index contributed by atoms with van der Waals surface area (Å²) in [7, 11) is 0. The lowest BCUT2D eigenvalue weighted by Gasteiger charge is -2.08. The van der Waals surface area contributed by atoms with Gasteiger partial charge in [-0.1, -0.05) is 18.2 Å². The lowest BCUT2D eigenvalue weighted by atomic mass is 10.2. The summed E-state index contributed by atoms with van der Waals surface area (Å²) in [5, 5.41) is 14.6. The average molecular weight is 361 g/mol. The molecular formula is C16H12FN3O6. The second-order valence-corrected chi connectivity index (χ2v) is 4.87. The number of imide groups is 1. The van der Waals surface area contributed by atoms with Gasteiger partial charge in [-0.3, -0.25) is 20.2 Å². The van der Waals surface area contributed by atoms with E-state index in [4.69, 9.17) is 0 Å². The zero-order valence-electron chi connectivity index (χ0n) is 13.1. The van der Waals surface area contributed by atoms with Crippen LogP contribution in [0.15, 0.2) is 48.5 Å². The van der Waals surface area contributed by atoms with Crippen molar-refractivity contribution in [2.24, 2.45) is 0 Å². The number of rotatable bonds is 5. The molecule has 0 saturated heterocycles. The fourth-order valence-corrected chi connectivity index (χ4v) is 1.84. The Morgan fingerprint density at radius 1 is 1.12 bits per heavy atom. The summed E-state index contributed by atoms with van der Waals surface area (Å²) in [4.78, 5) is 44.9. The molecule has 0 spiro atoms. The number of benzene rings is 2. The number of halogens is 1. The quantitative estimate of drug-likeness (QED) is 0.477. The maximum Gasteiger partial charge on any atom is 0.338 e. The van der Waals surface area contributed by atoms with Gasteiger partial charge in [-0.25, -0.2) is 14.0 Å². The number of nitro groups is 1. The highest BCUT2D eigenvalue weighted by Gasteiger charge is 2.15. The molecule has 0 aromatic heterocycles. The Kier molecular flexibility index (Phi) is 5.93. The second-order valence-electron chi connectivity index (χ2n) is 4.87. The van der Waals surface area contributed by atoms with Crippen LogP contribution < -0.4 is 10.6 Å². The van der Waals surface area contributed by atoms with E-state index in [-0.39, 0.29) is 16.9 Å². The zero-order chi connectivity index (χ0) is 19.1.